The van der Waals surface area contributed by atoms with E-state index in [4.69, 9.17) is 115 Å². The number of hydrogen-bond acceptors (Lipinski definition) is 28. The van der Waals surface area contributed by atoms with Crippen LogP contribution in [0.25, 0.3) is 0 Å². The van der Waals surface area contributed by atoms with Crippen molar-refractivity contribution in [3.8, 4) is 0 Å². The van der Waals surface area contributed by atoms with Crippen LogP contribution in [-0.4, -0.2) is 192 Å². The van der Waals surface area contributed by atoms with Gasteiger partial charge in [0.25, 0.3) is 0 Å². The highest BCUT2D eigenvalue weighted by Gasteiger charge is 2.84. The van der Waals surface area contributed by atoms with Gasteiger partial charge in [0.05, 0.1) is 0 Å². The Balaban J connectivity index is 0.000000266. The Morgan fingerprint density at radius 1 is 0.277 bits per heavy atom. The summed E-state index contributed by atoms with van der Waals surface area (Å²) in [6, 6.07) is 1.97. The molecule has 566 valence electrons. The summed E-state index contributed by atoms with van der Waals surface area (Å²) in [4.78, 5) is 0. The van der Waals surface area contributed by atoms with Gasteiger partial charge in [-0.1, -0.05) is 34.6 Å². The molecule has 12 saturated heterocycles. The maximum atomic E-state index is 7.06. The smallest absolute Gasteiger partial charge is 0.440 e. The van der Waals surface area contributed by atoms with E-state index in [1.165, 1.54) is 104 Å². The minimum atomic E-state index is -4.22. The van der Waals surface area contributed by atoms with Gasteiger partial charge < -0.3 is 115 Å². The van der Waals surface area contributed by atoms with Crippen molar-refractivity contribution in [3.63, 3.8) is 0 Å². The van der Waals surface area contributed by atoms with Gasteiger partial charge in [0.1, 0.15) is 0 Å². The summed E-state index contributed by atoms with van der Waals surface area (Å²) in [5, 5.41) is 0. The minimum Gasteiger partial charge on any atom is -0.440 e. The zero-order valence-electron chi connectivity index (χ0n) is 59.3. The van der Waals surface area contributed by atoms with Crippen LogP contribution >= 0.6 is 0 Å². The highest BCUT2D eigenvalue weighted by molar-refractivity contribution is 7.10. The van der Waals surface area contributed by atoms with E-state index in [9.17, 15) is 0 Å². The molecule has 50 heteroatoms. The molecule has 12 aliphatic rings. The lowest BCUT2D eigenvalue weighted by Gasteiger charge is -2.60. The first-order valence-corrected chi connectivity index (χ1v) is 78.9. The zero-order chi connectivity index (χ0) is 74.0. The van der Waals surface area contributed by atoms with Crippen molar-refractivity contribution in [2.24, 2.45) is 0 Å². The Morgan fingerprint density at radius 2 is 0.455 bits per heavy atom. The summed E-state index contributed by atoms with van der Waals surface area (Å²) in [7, 11) is -77.5. The molecule has 0 aromatic heterocycles. The Morgan fingerprint density at radius 3 is 0.624 bits per heavy atom. The van der Waals surface area contributed by atoms with E-state index < -0.39 is 192 Å². The van der Waals surface area contributed by atoms with Crippen LogP contribution < -0.4 is 0 Å². The zero-order valence-corrected chi connectivity index (χ0v) is 81.5. The molecule has 16 bridgehead atoms. The first-order chi connectivity index (χ1) is 45.7. The fourth-order valence-electron chi connectivity index (χ4n) is 11.7. The second-order valence-electron chi connectivity index (χ2n) is 26.8. The van der Waals surface area contributed by atoms with Gasteiger partial charge in [-0.25, -0.2) is 0 Å². The standard InChI is InChI=1S/C23H46O14Si11.C16H24O12Si8.C10H28O2Si3.2CH4/c1-15-41-26-42(16-2)29-45(19-5)31-43(17-3,27-41)33-47(21-7)34-44(18-4,28-41)32-46(20-6,30-42)36-48(35-45,37-47)23-22-39(11,12)25-40(13,14)24-38(8,9)10;1-9-29-17-30(10-2)20-33(13-5)22-31(11-3,18-29)24-35(15-7)25-32(12-4,19-29)23-34(14-6,21-30)27-36(16-8,26-33)28-35;1-8-9-10-14(4,5)12-15(6,7)11-13(2)3;;/h15-21H,1-7,22-23H2,8-14H3;9-16H,1-8H2;13H,8-10H2,1-7H3;2*1H4. The Kier molecular flexibility index (Phi) is 27.6. The quantitative estimate of drug-likeness (QED) is 0.0630. The van der Waals surface area contributed by atoms with Crippen LogP contribution in [-0.2, 0) is 115 Å². The van der Waals surface area contributed by atoms with Gasteiger partial charge in [-0.3, -0.25) is 0 Å². The van der Waals surface area contributed by atoms with Gasteiger partial charge in [0.15, 0.2) is 34.0 Å². The lowest BCUT2D eigenvalue weighted by molar-refractivity contribution is -0.0127. The summed E-state index contributed by atoms with van der Waals surface area (Å²) < 4.78 is 186. The average Bonchev–Trinajstić information content (AvgIpc) is 0.695. The van der Waals surface area contributed by atoms with Gasteiger partial charge >= 0.3 is 158 Å². The van der Waals surface area contributed by atoms with Crippen LogP contribution in [0.4, 0.5) is 0 Å². The molecule has 0 aliphatic carbocycles. The number of rotatable bonds is 29. The minimum absolute atomic E-state index is 0. The maximum absolute atomic E-state index is 7.06. The highest BCUT2D eigenvalue weighted by atomic mass is 28.6. The third-order valence-corrected chi connectivity index (χ3v) is 98.6. The van der Waals surface area contributed by atoms with E-state index in [0.717, 1.165) is 0 Å². The molecule has 0 saturated carbocycles. The summed E-state index contributed by atoms with van der Waals surface area (Å²) in [5.41, 5.74) is 20.8. The molecule has 0 spiro atoms. The monoisotopic (exact) mass is 1780 g/mol. The van der Waals surface area contributed by atoms with Gasteiger partial charge in [-0.2, -0.15) is 0 Å². The largest absolute Gasteiger partial charge is 0.507 e. The Hall–Kier alpha value is -0.249. The Labute approximate surface area is 624 Å². The van der Waals surface area contributed by atoms with E-state index in [2.05, 4.69) is 191 Å². The van der Waals surface area contributed by atoms with Crippen LogP contribution in [0.3, 0.4) is 0 Å². The van der Waals surface area contributed by atoms with E-state index >= 15 is 0 Å². The molecule has 12 rings (SSSR count). The van der Waals surface area contributed by atoms with E-state index in [-0.39, 0.29) is 20.9 Å². The molecule has 101 heavy (non-hydrogen) atoms. The van der Waals surface area contributed by atoms with Crippen LogP contribution in [0, 0.1) is 0 Å². The van der Waals surface area contributed by atoms with E-state index in [0.29, 0.717) is 6.04 Å². The van der Waals surface area contributed by atoms with Crippen LogP contribution in [0.15, 0.2) is 184 Å². The molecule has 28 nitrogen and oxygen atoms in total. The third-order valence-electron chi connectivity index (χ3n) is 14.9. The van der Waals surface area contributed by atoms with Crippen LogP contribution in [0.5, 0.6) is 0 Å². The molecule has 0 unspecified atom stereocenters. The molecular weight excluding hydrogens is 1680 g/mol. The molecule has 0 aromatic carbocycles. The topological polar surface area (TPSA) is 258 Å². The molecule has 12 heterocycles. The first-order valence-electron chi connectivity index (χ1n) is 31.8. The molecular formula is C51H106O28Si22. The van der Waals surface area contributed by atoms with Gasteiger partial charge in [-0.15, -0.1) is 98.7 Å². The molecule has 12 fully saturated rings. The van der Waals surface area contributed by atoms with Crippen molar-refractivity contribution in [1.29, 1.82) is 0 Å². The maximum Gasteiger partial charge on any atom is 0.507 e. The highest BCUT2D eigenvalue weighted by Crippen LogP contribution is 2.53. The summed E-state index contributed by atoms with van der Waals surface area (Å²) in [6.45, 7) is 89.8. The van der Waals surface area contributed by atoms with E-state index in [1.54, 1.807) is 0 Å². The van der Waals surface area contributed by atoms with Crippen molar-refractivity contribution in [2.45, 2.75) is 138 Å². The normalized spacial score (nSPS) is 41.7. The van der Waals surface area contributed by atoms with Gasteiger partial charge in [0.2, 0.25) is 0 Å². The molecule has 0 amide bonds. The fraction of sp³-hybridized carbons (Fsp3) is 0.412. The number of hydrogen-bond donors (Lipinski definition) is 0. The molecule has 0 N–H and O–H groups in total. The number of unbranched alkanes of at least 4 members (excludes halogenated alkanes) is 1. The van der Waals surface area contributed by atoms with Gasteiger partial charge in [-0.05, 0) is 183 Å². The third kappa shape index (κ3) is 19.0. The first kappa shape index (κ1) is 89.6. The van der Waals surface area contributed by atoms with Gasteiger partial charge in [0, 0.05) is 6.04 Å². The van der Waals surface area contributed by atoms with Crippen LogP contribution in [0.2, 0.25) is 103 Å². The SMILES string of the molecule is C.C.C=C[Si]12O[Si]3(C=C)O[Si]4(C=C)O[Si](C=C)(O1)O[Si]1(C=C)O[Si](C=C)(O2)O[Si](C=C)(O3)O[Si](C=C)(O4)O1.C=C[Si]12O[Si]3(C=C)O[Si]4(C=C)O[Si](C=C)(O1)O[Si]1(C=C)O[Si](C=C)(O2)O[Si](C=C)(O3)O[Si](CC[Si](C)(C)O[Si](C)(C)O[Si](C)(C)C)(O4)O1.CCCC[Si](C)(C)O[Si](C)(C)O[SiH](C)C. The average molecular weight is 1790 g/mol. The van der Waals surface area contributed by atoms with E-state index in [1.807, 2.05) is 0 Å². The molecule has 0 radical (unpaired) electrons. The van der Waals surface area contributed by atoms with Crippen molar-refractivity contribution >= 4 is 192 Å². The molecule has 0 atom stereocenters. The molecule has 12 aliphatic heterocycles. The summed E-state index contributed by atoms with van der Waals surface area (Å²) >= 11 is 0. The Bertz CT molecular complexity index is 2790. The summed E-state index contributed by atoms with van der Waals surface area (Å²) in [6.07, 6.45) is 2.56. The fourth-order valence-corrected chi connectivity index (χ4v) is 120. The summed E-state index contributed by atoms with van der Waals surface area (Å²) in [5.74, 6) is 0. The van der Waals surface area contributed by atoms with Crippen molar-refractivity contribution in [2.75, 3.05) is 0 Å². The predicted molar refractivity (Wildman–Crippen MR) is 430 cm³/mol. The molecule has 0 aromatic rings. The lowest BCUT2D eigenvalue weighted by atomic mass is 10.4. The van der Waals surface area contributed by atoms with Crippen molar-refractivity contribution < 1.29 is 115 Å². The second-order valence-corrected chi connectivity index (χ2v) is 95.8. The second kappa shape index (κ2) is 31.1. The predicted octanol–water partition coefficient (Wildman–Crippen LogP) is 11.2. The van der Waals surface area contributed by atoms with Crippen molar-refractivity contribution in [3.05, 3.63) is 184 Å². The van der Waals surface area contributed by atoms with Crippen molar-refractivity contribution in [1.82, 2.24) is 0 Å². The van der Waals surface area contributed by atoms with Crippen LogP contribution in [0.1, 0.15) is 34.6 Å². The lowest BCUT2D eigenvalue weighted by Crippen LogP contribution is -2.87.